The summed E-state index contributed by atoms with van der Waals surface area (Å²) in [6.07, 6.45) is 5.27. The summed E-state index contributed by atoms with van der Waals surface area (Å²) in [6.45, 7) is 12.2. The van der Waals surface area contributed by atoms with Crippen LogP contribution in [0.5, 0.6) is 0 Å². The number of nitrogens with one attached hydrogen (secondary N) is 1. The van der Waals surface area contributed by atoms with E-state index >= 15 is 0 Å². The molecule has 2 amide bonds. The minimum absolute atomic E-state index is 0.0373. The van der Waals surface area contributed by atoms with Crippen LogP contribution in [0.3, 0.4) is 0 Å². The molecule has 0 saturated carbocycles. The van der Waals surface area contributed by atoms with Gasteiger partial charge in [-0.3, -0.25) is 14.6 Å². The first-order valence-corrected chi connectivity index (χ1v) is 10.4. The van der Waals surface area contributed by atoms with E-state index in [1.54, 1.807) is 24.1 Å². The first kappa shape index (κ1) is 23.8. The van der Waals surface area contributed by atoms with Crippen LogP contribution in [0.25, 0.3) is 11.1 Å². The van der Waals surface area contributed by atoms with Crippen molar-refractivity contribution >= 4 is 24.2 Å². The summed E-state index contributed by atoms with van der Waals surface area (Å²) in [5.74, 6) is 0.309. The van der Waals surface area contributed by atoms with E-state index in [0.717, 1.165) is 22.4 Å². The predicted octanol–water partition coefficient (Wildman–Crippen LogP) is 5.25. The maximum atomic E-state index is 12.4. The van der Waals surface area contributed by atoms with Crippen LogP contribution in [0.2, 0.25) is 0 Å². The second kappa shape index (κ2) is 11.6. The fourth-order valence-electron chi connectivity index (χ4n) is 3.08. The molecule has 2 rings (SSSR count). The molecule has 0 fully saturated rings. The zero-order valence-electron chi connectivity index (χ0n) is 18.8. The average molecular weight is 418 g/mol. The molecule has 0 saturated heterocycles. The standard InChI is InChI=1S/C26H31N3O2/c1-19(2)18-29(21(4)30)25-14-12-23(13-15-25)22-8-10-24(11-9-22)26(31)28-17-20(3)7-6-16-27-5/h6-16,19H,5,17-18H2,1-4H3,(H,28,31)/b16-6-,20-7+. The molecule has 0 aliphatic carbocycles. The fraction of sp³-hybridized carbons (Fsp3) is 0.269. The number of anilines is 1. The van der Waals surface area contributed by atoms with Gasteiger partial charge < -0.3 is 10.2 Å². The molecule has 2 aromatic rings. The summed E-state index contributed by atoms with van der Waals surface area (Å²) < 4.78 is 0. The Morgan fingerprint density at radius 3 is 2.13 bits per heavy atom. The van der Waals surface area contributed by atoms with Crippen molar-refractivity contribution in [2.75, 3.05) is 18.0 Å². The summed E-state index contributed by atoms with van der Waals surface area (Å²) in [7, 11) is 0. The van der Waals surface area contributed by atoms with Crippen molar-refractivity contribution < 1.29 is 9.59 Å². The first-order valence-electron chi connectivity index (χ1n) is 10.4. The van der Waals surface area contributed by atoms with Crippen molar-refractivity contribution in [3.63, 3.8) is 0 Å². The molecule has 162 valence electrons. The van der Waals surface area contributed by atoms with Gasteiger partial charge in [0.15, 0.2) is 0 Å². The molecule has 31 heavy (non-hydrogen) atoms. The van der Waals surface area contributed by atoms with Crippen LogP contribution in [-0.4, -0.2) is 31.6 Å². The number of hydrogen-bond acceptors (Lipinski definition) is 3. The molecular formula is C26H31N3O2. The number of benzene rings is 2. The number of aliphatic imine (C=N–C) groups is 1. The number of carbonyl (C=O) groups is 2. The molecule has 2 aromatic carbocycles. The normalized spacial score (nSPS) is 11.6. The van der Waals surface area contributed by atoms with E-state index in [0.29, 0.717) is 24.6 Å². The van der Waals surface area contributed by atoms with Crippen LogP contribution in [0.1, 0.15) is 38.1 Å². The van der Waals surface area contributed by atoms with E-state index in [1.165, 1.54) is 0 Å². The Morgan fingerprint density at radius 1 is 1.03 bits per heavy atom. The SMILES string of the molecule is C=N/C=C\C=C(/C)CNC(=O)c1ccc(-c2ccc(N(CC(C)C)C(C)=O)cc2)cc1. The zero-order chi connectivity index (χ0) is 22.8. The van der Waals surface area contributed by atoms with Gasteiger partial charge in [-0.05, 0) is 61.0 Å². The Balaban J connectivity index is 2.05. The summed E-state index contributed by atoms with van der Waals surface area (Å²) in [4.78, 5) is 29.8. The van der Waals surface area contributed by atoms with Gasteiger partial charge in [-0.1, -0.05) is 49.8 Å². The Labute approximate surface area is 185 Å². The van der Waals surface area contributed by atoms with Crippen molar-refractivity contribution in [1.29, 1.82) is 0 Å². The average Bonchev–Trinajstić information content (AvgIpc) is 2.76. The van der Waals surface area contributed by atoms with E-state index < -0.39 is 0 Å². The van der Waals surface area contributed by atoms with E-state index in [4.69, 9.17) is 0 Å². The highest BCUT2D eigenvalue weighted by Crippen LogP contribution is 2.24. The maximum Gasteiger partial charge on any atom is 0.251 e. The monoisotopic (exact) mass is 417 g/mol. The smallest absolute Gasteiger partial charge is 0.251 e. The Hall–Kier alpha value is -3.47. The molecule has 0 heterocycles. The molecular weight excluding hydrogens is 386 g/mol. The molecule has 0 unspecified atom stereocenters. The fourth-order valence-corrected chi connectivity index (χ4v) is 3.08. The summed E-state index contributed by atoms with van der Waals surface area (Å²) in [6, 6.07) is 15.4. The Kier molecular flexibility index (Phi) is 8.94. The van der Waals surface area contributed by atoms with Crippen molar-refractivity contribution in [3.8, 4) is 11.1 Å². The molecule has 0 aliphatic heterocycles. The Morgan fingerprint density at radius 2 is 1.61 bits per heavy atom. The van der Waals surface area contributed by atoms with Crippen LogP contribution < -0.4 is 10.2 Å². The predicted molar refractivity (Wildman–Crippen MR) is 130 cm³/mol. The highest BCUT2D eigenvalue weighted by atomic mass is 16.2. The quantitative estimate of drug-likeness (QED) is 0.447. The van der Waals surface area contributed by atoms with Crippen LogP contribution >= 0.6 is 0 Å². The molecule has 0 radical (unpaired) electrons. The number of allylic oxidation sites excluding steroid dienone is 2. The van der Waals surface area contributed by atoms with Crippen molar-refractivity contribution in [1.82, 2.24) is 5.32 Å². The van der Waals surface area contributed by atoms with Gasteiger partial charge >= 0.3 is 0 Å². The van der Waals surface area contributed by atoms with Gasteiger partial charge in [0.1, 0.15) is 0 Å². The molecule has 0 spiro atoms. The van der Waals surface area contributed by atoms with E-state index in [-0.39, 0.29) is 11.8 Å². The lowest BCUT2D eigenvalue weighted by molar-refractivity contribution is -0.116. The lowest BCUT2D eigenvalue weighted by atomic mass is 10.0. The van der Waals surface area contributed by atoms with Crippen molar-refractivity contribution in [3.05, 3.63) is 78.0 Å². The number of amides is 2. The maximum absolute atomic E-state index is 12.4. The third kappa shape index (κ3) is 7.37. The summed E-state index contributed by atoms with van der Waals surface area (Å²) in [5, 5.41) is 2.91. The molecule has 5 nitrogen and oxygen atoms in total. The van der Waals surface area contributed by atoms with Crippen molar-refractivity contribution in [2.24, 2.45) is 10.9 Å². The first-order chi connectivity index (χ1) is 14.8. The minimum Gasteiger partial charge on any atom is -0.348 e. The van der Waals surface area contributed by atoms with Gasteiger partial charge in [0.2, 0.25) is 5.91 Å². The van der Waals surface area contributed by atoms with Gasteiger partial charge in [-0.2, -0.15) is 0 Å². The van der Waals surface area contributed by atoms with Gasteiger partial charge in [0.05, 0.1) is 0 Å². The molecule has 0 aliphatic rings. The topological polar surface area (TPSA) is 61.8 Å². The second-order valence-electron chi connectivity index (χ2n) is 7.87. The molecule has 1 N–H and O–H groups in total. The van der Waals surface area contributed by atoms with Crippen molar-refractivity contribution in [2.45, 2.75) is 27.7 Å². The van der Waals surface area contributed by atoms with Gasteiger partial charge in [0.25, 0.3) is 5.91 Å². The largest absolute Gasteiger partial charge is 0.348 e. The number of nitrogens with zero attached hydrogens (tertiary/aromatic N) is 2. The second-order valence-corrected chi connectivity index (χ2v) is 7.87. The molecule has 0 aromatic heterocycles. The van der Waals surface area contributed by atoms with Crippen LogP contribution in [0, 0.1) is 5.92 Å². The minimum atomic E-state index is -0.119. The number of rotatable bonds is 9. The lowest BCUT2D eigenvalue weighted by Gasteiger charge is -2.23. The van der Waals surface area contributed by atoms with Crippen LogP contribution in [0.4, 0.5) is 5.69 Å². The highest BCUT2D eigenvalue weighted by Gasteiger charge is 2.13. The molecule has 5 heteroatoms. The molecule has 0 bridgehead atoms. The number of carbonyl (C=O) groups excluding carboxylic acids is 2. The Bertz CT molecular complexity index is 955. The molecule has 0 atom stereocenters. The van der Waals surface area contributed by atoms with Crippen LogP contribution in [-0.2, 0) is 4.79 Å². The third-order valence-electron chi connectivity index (χ3n) is 4.69. The summed E-state index contributed by atoms with van der Waals surface area (Å²) >= 11 is 0. The van der Waals surface area contributed by atoms with E-state index in [1.807, 2.05) is 61.5 Å². The summed E-state index contributed by atoms with van der Waals surface area (Å²) in [5.41, 5.74) is 4.56. The van der Waals surface area contributed by atoms with Gasteiger partial charge in [-0.25, -0.2) is 0 Å². The van der Waals surface area contributed by atoms with E-state index in [9.17, 15) is 9.59 Å². The third-order valence-corrected chi connectivity index (χ3v) is 4.69. The van der Waals surface area contributed by atoms with Gasteiger partial charge in [0, 0.05) is 37.5 Å². The lowest BCUT2D eigenvalue weighted by Crippen LogP contribution is -2.32. The van der Waals surface area contributed by atoms with Gasteiger partial charge in [-0.15, -0.1) is 0 Å². The number of hydrogen-bond donors (Lipinski definition) is 1. The zero-order valence-corrected chi connectivity index (χ0v) is 18.8. The van der Waals surface area contributed by atoms with E-state index in [2.05, 4.69) is 30.9 Å². The highest BCUT2D eigenvalue weighted by molar-refractivity contribution is 5.95. The van der Waals surface area contributed by atoms with Crippen LogP contribution in [0.15, 0.2) is 77.4 Å².